The van der Waals surface area contributed by atoms with Crippen molar-refractivity contribution in [1.82, 2.24) is 4.98 Å². The maximum atomic E-state index is 12.3. The molecule has 0 fully saturated rings. The Hall–Kier alpha value is -0.780. The summed E-state index contributed by atoms with van der Waals surface area (Å²) >= 11 is 5.74. The second kappa shape index (κ2) is 4.63. The van der Waals surface area contributed by atoms with Gasteiger partial charge in [-0.2, -0.15) is 0 Å². The smallest absolute Gasteiger partial charge is 0.280 e. The van der Waals surface area contributed by atoms with Crippen molar-refractivity contribution in [3.05, 3.63) is 28.0 Å². The van der Waals surface area contributed by atoms with E-state index in [9.17, 15) is 8.78 Å². The van der Waals surface area contributed by atoms with E-state index in [1.807, 2.05) is 0 Å². The van der Waals surface area contributed by atoms with Crippen LogP contribution in [0.3, 0.4) is 0 Å². The SMILES string of the molecule is NCc1nc(C(F)F)cc(CO)c1Cl. The Bertz CT molecular complexity index is 308. The van der Waals surface area contributed by atoms with Crippen molar-refractivity contribution in [3.8, 4) is 0 Å². The van der Waals surface area contributed by atoms with Gasteiger partial charge in [-0.3, -0.25) is 0 Å². The van der Waals surface area contributed by atoms with E-state index in [0.717, 1.165) is 6.07 Å². The van der Waals surface area contributed by atoms with Crippen LogP contribution in [0.2, 0.25) is 5.02 Å². The summed E-state index contributed by atoms with van der Waals surface area (Å²) in [6, 6.07) is 1.08. The number of aliphatic hydroxyl groups is 1. The Balaban J connectivity index is 3.25. The summed E-state index contributed by atoms with van der Waals surface area (Å²) in [7, 11) is 0. The molecule has 0 amide bonds. The summed E-state index contributed by atoms with van der Waals surface area (Å²) in [5.74, 6) is 0. The molecule has 1 heterocycles. The number of aromatic nitrogens is 1. The molecule has 0 spiro atoms. The van der Waals surface area contributed by atoms with Gasteiger partial charge in [-0.1, -0.05) is 11.6 Å². The summed E-state index contributed by atoms with van der Waals surface area (Å²) in [5, 5.41) is 9.00. The zero-order chi connectivity index (χ0) is 10.7. The van der Waals surface area contributed by atoms with Crippen LogP contribution < -0.4 is 5.73 Å². The molecular weight excluding hydrogens is 214 g/mol. The predicted molar refractivity (Wildman–Crippen MR) is 48.0 cm³/mol. The van der Waals surface area contributed by atoms with Crippen LogP contribution in [0.5, 0.6) is 0 Å². The number of pyridine rings is 1. The summed E-state index contributed by atoms with van der Waals surface area (Å²) in [6.45, 7) is -0.444. The molecule has 0 aliphatic carbocycles. The van der Waals surface area contributed by atoms with Crippen LogP contribution in [0.25, 0.3) is 0 Å². The Morgan fingerprint density at radius 1 is 1.57 bits per heavy atom. The van der Waals surface area contributed by atoms with Gasteiger partial charge in [0.2, 0.25) is 0 Å². The van der Waals surface area contributed by atoms with Crippen LogP contribution in [0, 0.1) is 0 Å². The largest absolute Gasteiger partial charge is 0.392 e. The minimum Gasteiger partial charge on any atom is -0.392 e. The summed E-state index contributed by atoms with van der Waals surface area (Å²) in [4.78, 5) is 3.58. The first-order valence-electron chi connectivity index (χ1n) is 3.87. The Morgan fingerprint density at radius 3 is 2.64 bits per heavy atom. The third-order valence-corrected chi connectivity index (χ3v) is 2.17. The minimum absolute atomic E-state index is 0.0353. The Labute approximate surface area is 84.5 Å². The van der Waals surface area contributed by atoms with Crippen LogP contribution >= 0.6 is 11.6 Å². The number of nitrogens with zero attached hydrogens (tertiary/aromatic N) is 1. The minimum atomic E-state index is -2.69. The molecule has 1 aromatic rings. The molecular formula is C8H9ClF2N2O. The molecule has 14 heavy (non-hydrogen) atoms. The normalized spacial score (nSPS) is 11.0. The second-order valence-corrected chi connectivity index (χ2v) is 3.01. The molecule has 0 saturated heterocycles. The highest BCUT2D eigenvalue weighted by molar-refractivity contribution is 6.32. The van der Waals surface area contributed by atoms with Crippen molar-refractivity contribution < 1.29 is 13.9 Å². The van der Waals surface area contributed by atoms with Gasteiger partial charge >= 0.3 is 0 Å². The van der Waals surface area contributed by atoms with E-state index >= 15 is 0 Å². The molecule has 0 unspecified atom stereocenters. The molecule has 0 aliphatic heterocycles. The number of aliphatic hydroxyl groups excluding tert-OH is 1. The number of hydrogen-bond acceptors (Lipinski definition) is 3. The number of rotatable bonds is 3. The van der Waals surface area contributed by atoms with Gasteiger partial charge in [0, 0.05) is 6.54 Å². The van der Waals surface area contributed by atoms with Gasteiger partial charge in [-0.25, -0.2) is 13.8 Å². The third-order valence-electron chi connectivity index (χ3n) is 1.71. The molecule has 0 aromatic carbocycles. The topological polar surface area (TPSA) is 59.1 Å². The lowest BCUT2D eigenvalue weighted by molar-refractivity contribution is 0.145. The number of alkyl halides is 2. The van der Waals surface area contributed by atoms with E-state index in [2.05, 4.69) is 4.98 Å². The predicted octanol–water partition coefficient (Wildman–Crippen LogP) is 1.62. The molecule has 6 heteroatoms. The van der Waals surface area contributed by atoms with Crippen molar-refractivity contribution in [2.45, 2.75) is 19.6 Å². The quantitative estimate of drug-likeness (QED) is 0.817. The molecule has 0 atom stereocenters. The lowest BCUT2D eigenvalue weighted by atomic mass is 10.2. The standard InChI is InChI=1S/C8H9ClF2N2O/c9-7-4(3-14)1-5(8(10)11)13-6(7)2-12/h1,8,14H,2-3,12H2. The van der Waals surface area contributed by atoms with Crippen molar-refractivity contribution >= 4 is 11.6 Å². The number of hydrogen-bond donors (Lipinski definition) is 2. The van der Waals surface area contributed by atoms with E-state index in [1.54, 1.807) is 0 Å². The van der Waals surface area contributed by atoms with Crippen molar-refractivity contribution in [1.29, 1.82) is 0 Å². The van der Waals surface area contributed by atoms with Crippen LogP contribution in [0.15, 0.2) is 6.07 Å². The van der Waals surface area contributed by atoms with Crippen LogP contribution in [0.1, 0.15) is 23.4 Å². The zero-order valence-corrected chi connectivity index (χ0v) is 7.93. The van der Waals surface area contributed by atoms with E-state index in [1.165, 1.54) is 0 Å². The fraction of sp³-hybridized carbons (Fsp3) is 0.375. The molecule has 0 aliphatic rings. The van der Waals surface area contributed by atoms with Crippen molar-refractivity contribution in [3.63, 3.8) is 0 Å². The zero-order valence-electron chi connectivity index (χ0n) is 7.17. The third kappa shape index (κ3) is 2.17. The van der Waals surface area contributed by atoms with Gasteiger partial charge < -0.3 is 10.8 Å². The Kier molecular flexibility index (Phi) is 3.74. The molecule has 1 aromatic heterocycles. The molecule has 0 bridgehead atoms. The molecule has 1 rings (SSSR count). The van der Waals surface area contributed by atoms with Gasteiger partial charge in [0.1, 0.15) is 5.69 Å². The fourth-order valence-electron chi connectivity index (χ4n) is 1.03. The summed E-state index contributed by atoms with van der Waals surface area (Å²) in [6.07, 6.45) is -2.69. The van der Waals surface area contributed by atoms with Crippen LogP contribution in [0.4, 0.5) is 8.78 Å². The average molecular weight is 223 g/mol. The molecule has 0 saturated carbocycles. The maximum Gasteiger partial charge on any atom is 0.280 e. The van der Waals surface area contributed by atoms with Gasteiger partial charge in [0.05, 0.1) is 17.3 Å². The lowest BCUT2D eigenvalue weighted by Crippen LogP contribution is -2.06. The average Bonchev–Trinajstić information content (AvgIpc) is 2.17. The number of halogens is 3. The first kappa shape index (κ1) is 11.3. The second-order valence-electron chi connectivity index (χ2n) is 2.63. The number of nitrogens with two attached hydrogens (primary N) is 1. The van der Waals surface area contributed by atoms with Crippen molar-refractivity contribution in [2.24, 2.45) is 5.73 Å². The highest BCUT2D eigenvalue weighted by atomic mass is 35.5. The fourth-order valence-corrected chi connectivity index (χ4v) is 1.26. The molecule has 0 radical (unpaired) electrons. The van der Waals surface area contributed by atoms with E-state index in [4.69, 9.17) is 22.4 Å². The summed E-state index contributed by atoms with van der Waals surface area (Å²) in [5.41, 5.74) is 5.25. The first-order chi connectivity index (χ1) is 6.60. The van der Waals surface area contributed by atoms with Gasteiger partial charge in [-0.05, 0) is 11.6 Å². The van der Waals surface area contributed by atoms with Crippen molar-refractivity contribution in [2.75, 3.05) is 0 Å². The summed E-state index contributed by atoms with van der Waals surface area (Å²) < 4.78 is 24.6. The van der Waals surface area contributed by atoms with E-state index in [-0.39, 0.29) is 22.8 Å². The van der Waals surface area contributed by atoms with Gasteiger partial charge in [0.15, 0.2) is 0 Å². The molecule has 3 nitrogen and oxygen atoms in total. The highest BCUT2D eigenvalue weighted by Gasteiger charge is 2.15. The van der Waals surface area contributed by atoms with Crippen LogP contribution in [-0.2, 0) is 13.2 Å². The monoisotopic (exact) mass is 222 g/mol. The van der Waals surface area contributed by atoms with Crippen LogP contribution in [-0.4, -0.2) is 10.1 Å². The maximum absolute atomic E-state index is 12.3. The van der Waals surface area contributed by atoms with Gasteiger partial charge in [0.25, 0.3) is 6.43 Å². The Morgan fingerprint density at radius 2 is 2.21 bits per heavy atom. The molecule has 78 valence electrons. The highest BCUT2D eigenvalue weighted by Crippen LogP contribution is 2.25. The lowest BCUT2D eigenvalue weighted by Gasteiger charge is -2.08. The van der Waals surface area contributed by atoms with Gasteiger partial charge in [-0.15, -0.1) is 0 Å². The van der Waals surface area contributed by atoms with E-state index < -0.39 is 18.7 Å². The molecule has 3 N–H and O–H groups in total. The first-order valence-corrected chi connectivity index (χ1v) is 4.25. The van der Waals surface area contributed by atoms with E-state index in [0.29, 0.717) is 0 Å².